The summed E-state index contributed by atoms with van der Waals surface area (Å²) in [5.74, 6) is 0. The van der Waals surface area contributed by atoms with Crippen LogP contribution in [-0.2, 0) is 0 Å². The van der Waals surface area contributed by atoms with Gasteiger partial charge in [-0.15, -0.1) is 0 Å². The van der Waals surface area contributed by atoms with Gasteiger partial charge in [0.1, 0.15) is 0 Å². The number of nitrogens with zero attached hydrogens (tertiary/aromatic N) is 3. The largest absolute Gasteiger partial charge is 0.397 e. The molecule has 0 radical (unpaired) electrons. The van der Waals surface area contributed by atoms with Crippen molar-refractivity contribution in [2.75, 3.05) is 44.4 Å². The summed E-state index contributed by atoms with van der Waals surface area (Å²) in [5.41, 5.74) is 10.1. The monoisotopic (exact) mass is 251 g/mol. The number of benzene rings is 1. The number of non-ortho nitro benzene ring substituents is 1. The molecule has 1 heterocycles. The zero-order valence-corrected chi connectivity index (χ0v) is 10.3. The molecule has 7 heteroatoms. The van der Waals surface area contributed by atoms with E-state index in [2.05, 4.69) is 22.4 Å². The first kappa shape index (κ1) is 12.6. The van der Waals surface area contributed by atoms with E-state index in [1.165, 1.54) is 12.1 Å². The normalized spacial score (nSPS) is 17.6. The Bertz CT molecular complexity index is 443. The predicted molar refractivity (Wildman–Crippen MR) is 70.2 cm³/mol. The molecule has 3 N–H and O–H groups in total. The summed E-state index contributed by atoms with van der Waals surface area (Å²) >= 11 is 0. The number of anilines is 2. The van der Waals surface area contributed by atoms with Gasteiger partial charge in [0.05, 0.1) is 16.3 Å². The third-order valence-corrected chi connectivity index (χ3v) is 3.03. The number of nitrogen functional groups attached to an aromatic ring is 1. The van der Waals surface area contributed by atoms with E-state index < -0.39 is 4.92 Å². The molecule has 0 aliphatic carbocycles. The van der Waals surface area contributed by atoms with Gasteiger partial charge in [-0.2, -0.15) is 0 Å². The van der Waals surface area contributed by atoms with Crippen LogP contribution in [0.25, 0.3) is 0 Å². The van der Waals surface area contributed by atoms with E-state index in [0.717, 1.165) is 26.2 Å². The third kappa shape index (κ3) is 2.88. The molecular formula is C11H17N5O2. The van der Waals surface area contributed by atoms with Crippen LogP contribution < -0.4 is 11.2 Å². The fraction of sp³-hybridized carbons (Fsp3) is 0.455. The van der Waals surface area contributed by atoms with Gasteiger partial charge < -0.3 is 16.1 Å². The predicted octanol–water partition coefficient (Wildman–Crippen LogP) is 0.751. The van der Waals surface area contributed by atoms with E-state index >= 15 is 0 Å². The average Bonchev–Trinajstić information content (AvgIpc) is 2.34. The average molecular weight is 251 g/mol. The SMILES string of the molecule is CN1CCN(Nc2ccc([N+](=O)[O-])cc2N)CC1. The molecule has 2 rings (SSSR count). The van der Waals surface area contributed by atoms with E-state index in [1.807, 2.05) is 0 Å². The smallest absolute Gasteiger partial charge is 0.271 e. The van der Waals surface area contributed by atoms with Crippen molar-refractivity contribution in [2.45, 2.75) is 0 Å². The molecule has 1 aliphatic rings. The highest BCUT2D eigenvalue weighted by atomic mass is 16.6. The maximum Gasteiger partial charge on any atom is 0.271 e. The number of nitro benzene ring substituents is 1. The van der Waals surface area contributed by atoms with Gasteiger partial charge >= 0.3 is 0 Å². The van der Waals surface area contributed by atoms with Gasteiger partial charge in [-0.05, 0) is 13.1 Å². The van der Waals surface area contributed by atoms with E-state index in [-0.39, 0.29) is 5.69 Å². The summed E-state index contributed by atoms with van der Waals surface area (Å²) in [7, 11) is 2.08. The fourth-order valence-corrected chi connectivity index (χ4v) is 1.85. The molecule has 1 aliphatic heterocycles. The molecule has 0 atom stereocenters. The number of hydrogen-bond donors (Lipinski definition) is 2. The molecule has 1 aromatic rings. The Morgan fingerprint density at radius 3 is 2.56 bits per heavy atom. The van der Waals surface area contributed by atoms with Crippen LogP contribution in [0.4, 0.5) is 17.1 Å². The highest BCUT2D eigenvalue weighted by Crippen LogP contribution is 2.24. The van der Waals surface area contributed by atoms with E-state index in [4.69, 9.17) is 5.73 Å². The van der Waals surface area contributed by atoms with Crippen LogP contribution in [0.5, 0.6) is 0 Å². The molecule has 18 heavy (non-hydrogen) atoms. The molecule has 0 saturated carbocycles. The van der Waals surface area contributed by atoms with Crippen molar-refractivity contribution < 1.29 is 4.92 Å². The summed E-state index contributed by atoms with van der Waals surface area (Å²) in [6.45, 7) is 3.76. The summed E-state index contributed by atoms with van der Waals surface area (Å²) in [6, 6.07) is 4.47. The van der Waals surface area contributed by atoms with Gasteiger partial charge in [0, 0.05) is 38.3 Å². The van der Waals surface area contributed by atoms with Crippen molar-refractivity contribution in [2.24, 2.45) is 0 Å². The lowest BCUT2D eigenvalue weighted by atomic mass is 10.2. The maximum atomic E-state index is 10.6. The summed E-state index contributed by atoms with van der Waals surface area (Å²) in [4.78, 5) is 12.4. The van der Waals surface area contributed by atoms with Crippen LogP contribution in [0.1, 0.15) is 0 Å². The fourth-order valence-electron chi connectivity index (χ4n) is 1.85. The first-order valence-electron chi connectivity index (χ1n) is 5.80. The third-order valence-electron chi connectivity index (χ3n) is 3.03. The van der Waals surface area contributed by atoms with Gasteiger partial charge in [0.2, 0.25) is 0 Å². The summed E-state index contributed by atoms with van der Waals surface area (Å²) < 4.78 is 0. The number of nitro groups is 1. The number of likely N-dealkylation sites (N-methyl/N-ethyl adjacent to an activating group) is 1. The standard InChI is InChI=1S/C11H17N5O2/c1-14-4-6-15(7-5-14)13-11-3-2-9(16(17)18)8-10(11)12/h2-3,8,13H,4-7,12H2,1H3. The number of nitrogens with one attached hydrogen (secondary N) is 1. The van der Waals surface area contributed by atoms with E-state index in [0.29, 0.717) is 11.4 Å². The lowest BCUT2D eigenvalue weighted by Gasteiger charge is -2.33. The molecule has 1 saturated heterocycles. The van der Waals surface area contributed by atoms with Gasteiger partial charge in [-0.3, -0.25) is 10.1 Å². The first-order valence-corrected chi connectivity index (χ1v) is 5.80. The molecule has 0 bridgehead atoms. The molecule has 0 amide bonds. The minimum atomic E-state index is -0.448. The Balaban J connectivity index is 2.03. The van der Waals surface area contributed by atoms with Gasteiger partial charge in [-0.25, -0.2) is 5.01 Å². The van der Waals surface area contributed by atoms with Crippen molar-refractivity contribution in [3.8, 4) is 0 Å². The molecule has 1 aromatic carbocycles. The molecule has 1 fully saturated rings. The Morgan fingerprint density at radius 2 is 2.00 bits per heavy atom. The Morgan fingerprint density at radius 1 is 1.33 bits per heavy atom. The molecule has 0 aromatic heterocycles. The lowest BCUT2D eigenvalue weighted by molar-refractivity contribution is -0.384. The van der Waals surface area contributed by atoms with Crippen molar-refractivity contribution >= 4 is 17.1 Å². The van der Waals surface area contributed by atoms with Gasteiger partial charge in [0.15, 0.2) is 0 Å². The van der Waals surface area contributed by atoms with Gasteiger partial charge in [-0.1, -0.05) is 0 Å². The van der Waals surface area contributed by atoms with Crippen LogP contribution in [0.2, 0.25) is 0 Å². The summed E-state index contributed by atoms with van der Waals surface area (Å²) in [6.07, 6.45) is 0. The second-order valence-electron chi connectivity index (χ2n) is 4.43. The number of nitrogens with two attached hydrogens (primary N) is 1. The lowest BCUT2D eigenvalue weighted by Crippen LogP contribution is -2.47. The second kappa shape index (κ2) is 5.19. The maximum absolute atomic E-state index is 10.6. The number of hydrazine groups is 1. The van der Waals surface area contributed by atoms with Crippen LogP contribution in [0.15, 0.2) is 18.2 Å². The van der Waals surface area contributed by atoms with Crippen molar-refractivity contribution in [3.05, 3.63) is 28.3 Å². The topological polar surface area (TPSA) is 87.7 Å². The van der Waals surface area contributed by atoms with E-state index in [9.17, 15) is 10.1 Å². The Labute approximate surface area is 105 Å². The van der Waals surface area contributed by atoms with Crippen LogP contribution >= 0.6 is 0 Å². The molecular weight excluding hydrogens is 234 g/mol. The molecule has 98 valence electrons. The minimum absolute atomic E-state index is 0.0106. The van der Waals surface area contributed by atoms with Crippen molar-refractivity contribution in [3.63, 3.8) is 0 Å². The molecule has 0 spiro atoms. The van der Waals surface area contributed by atoms with Crippen LogP contribution in [-0.4, -0.2) is 48.1 Å². The van der Waals surface area contributed by atoms with E-state index in [1.54, 1.807) is 6.07 Å². The van der Waals surface area contributed by atoms with Crippen molar-refractivity contribution in [1.29, 1.82) is 0 Å². The molecule has 7 nitrogen and oxygen atoms in total. The van der Waals surface area contributed by atoms with Crippen molar-refractivity contribution in [1.82, 2.24) is 9.91 Å². The first-order chi connectivity index (χ1) is 8.56. The highest BCUT2D eigenvalue weighted by Gasteiger charge is 2.15. The second-order valence-corrected chi connectivity index (χ2v) is 4.43. The summed E-state index contributed by atoms with van der Waals surface area (Å²) in [5, 5.41) is 12.7. The number of piperazine rings is 1. The molecule has 0 unspecified atom stereocenters. The Kier molecular flexibility index (Phi) is 3.63. The minimum Gasteiger partial charge on any atom is -0.397 e. The number of hydrogen-bond acceptors (Lipinski definition) is 6. The zero-order chi connectivity index (χ0) is 13.1. The highest BCUT2D eigenvalue weighted by molar-refractivity contribution is 5.68. The van der Waals surface area contributed by atoms with Crippen LogP contribution in [0.3, 0.4) is 0 Å². The van der Waals surface area contributed by atoms with Gasteiger partial charge in [0.25, 0.3) is 5.69 Å². The zero-order valence-electron chi connectivity index (χ0n) is 10.3. The number of rotatable bonds is 3. The quantitative estimate of drug-likeness (QED) is 0.468. The Hall–Kier alpha value is -1.86. The van der Waals surface area contributed by atoms with Crippen LogP contribution in [0, 0.1) is 10.1 Å².